The second-order valence-corrected chi connectivity index (χ2v) is 8.38. The van der Waals surface area contributed by atoms with Crippen LogP contribution in [0, 0.1) is 5.41 Å². The Balaban J connectivity index is 0.00000288. The van der Waals surface area contributed by atoms with Gasteiger partial charge in [-0.1, -0.05) is 34.6 Å². The molecular weight excluding hydrogens is 415 g/mol. The van der Waals surface area contributed by atoms with E-state index in [1.807, 2.05) is 6.20 Å². The summed E-state index contributed by atoms with van der Waals surface area (Å²) in [5, 5.41) is 6.82. The Hall–Kier alpha value is -0.790. The first kappa shape index (κ1) is 21.3. The average Bonchev–Trinajstić information content (AvgIpc) is 2.94. The molecule has 1 aliphatic carbocycles. The predicted octanol–water partition coefficient (Wildman–Crippen LogP) is 4.22. The van der Waals surface area contributed by atoms with Gasteiger partial charge in [0.15, 0.2) is 5.96 Å². The number of nitrogens with zero attached hydrogens (tertiary/aromatic N) is 2. The number of oxazole rings is 1. The van der Waals surface area contributed by atoms with Gasteiger partial charge in [0.1, 0.15) is 5.76 Å². The molecule has 1 aromatic heterocycles. The van der Waals surface area contributed by atoms with Gasteiger partial charge in [0.25, 0.3) is 0 Å². The molecule has 1 aromatic rings. The van der Waals surface area contributed by atoms with Gasteiger partial charge >= 0.3 is 0 Å². The van der Waals surface area contributed by atoms with E-state index in [9.17, 15) is 0 Å². The highest BCUT2D eigenvalue weighted by Gasteiger charge is 2.27. The van der Waals surface area contributed by atoms with Crippen LogP contribution in [0.4, 0.5) is 0 Å². The zero-order chi connectivity index (χ0) is 17.1. The lowest BCUT2D eigenvalue weighted by Gasteiger charge is -2.35. The summed E-state index contributed by atoms with van der Waals surface area (Å²) in [7, 11) is 1.80. The Morgan fingerprint density at radius 3 is 2.46 bits per heavy atom. The molecule has 24 heavy (non-hydrogen) atoms. The van der Waals surface area contributed by atoms with E-state index in [0.29, 0.717) is 23.9 Å². The van der Waals surface area contributed by atoms with Crippen LogP contribution in [-0.4, -0.2) is 24.0 Å². The molecule has 6 heteroatoms. The van der Waals surface area contributed by atoms with Crippen molar-refractivity contribution in [2.75, 3.05) is 7.05 Å². The minimum atomic E-state index is -0.0138. The monoisotopic (exact) mass is 448 g/mol. The van der Waals surface area contributed by atoms with Gasteiger partial charge in [-0.05, 0) is 31.1 Å². The third kappa shape index (κ3) is 6.26. The summed E-state index contributed by atoms with van der Waals surface area (Å²) in [6.07, 6.45) is 6.73. The van der Waals surface area contributed by atoms with Gasteiger partial charge < -0.3 is 15.1 Å². The molecule has 1 heterocycles. The summed E-state index contributed by atoms with van der Waals surface area (Å²) in [5.74, 6) is 2.43. The van der Waals surface area contributed by atoms with Crippen molar-refractivity contribution in [2.24, 2.45) is 10.4 Å². The van der Waals surface area contributed by atoms with Crippen LogP contribution in [0.5, 0.6) is 0 Å². The van der Waals surface area contributed by atoms with Crippen molar-refractivity contribution in [1.82, 2.24) is 15.6 Å². The Bertz CT molecular complexity index is 535. The molecule has 0 aliphatic heterocycles. The molecule has 0 spiro atoms. The van der Waals surface area contributed by atoms with Crippen molar-refractivity contribution in [3.8, 4) is 0 Å². The number of aromatic nitrogens is 1. The van der Waals surface area contributed by atoms with Crippen LogP contribution in [0.15, 0.2) is 15.6 Å². The number of guanidine groups is 1. The van der Waals surface area contributed by atoms with Gasteiger partial charge in [0.2, 0.25) is 5.89 Å². The topological polar surface area (TPSA) is 62.5 Å². The predicted molar refractivity (Wildman–Crippen MR) is 110 cm³/mol. The summed E-state index contributed by atoms with van der Waals surface area (Å²) >= 11 is 0. The molecule has 5 nitrogen and oxygen atoms in total. The Morgan fingerprint density at radius 2 is 1.96 bits per heavy atom. The maximum atomic E-state index is 5.80. The van der Waals surface area contributed by atoms with Crippen molar-refractivity contribution in [3.63, 3.8) is 0 Å². The lowest BCUT2D eigenvalue weighted by Crippen LogP contribution is -2.45. The van der Waals surface area contributed by atoms with Gasteiger partial charge in [-0.15, -0.1) is 24.0 Å². The maximum absolute atomic E-state index is 5.80. The maximum Gasteiger partial charge on any atom is 0.213 e. The fraction of sp³-hybridized carbons (Fsp3) is 0.778. The van der Waals surface area contributed by atoms with Gasteiger partial charge in [-0.25, -0.2) is 4.98 Å². The number of hydrogen-bond acceptors (Lipinski definition) is 3. The van der Waals surface area contributed by atoms with Gasteiger partial charge in [0, 0.05) is 18.5 Å². The molecule has 0 radical (unpaired) electrons. The molecule has 138 valence electrons. The molecule has 0 unspecified atom stereocenters. The zero-order valence-electron chi connectivity index (χ0n) is 15.9. The molecular formula is C18H33IN4O. The number of hydrogen-bond donors (Lipinski definition) is 2. The Kier molecular flexibility index (Phi) is 7.56. The Morgan fingerprint density at radius 1 is 1.33 bits per heavy atom. The van der Waals surface area contributed by atoms with Crippen molar-refractivity contribution in [1.29, 1.82) is 0 Å². The van der Waals surface area contributed by atoms with Crippen LogP contribution in [0.2, 0.25) is 0 Å². The van der Waals surface area contributed by atoms with Gasteiger partial charge in [0.05, 0.1) is 12.7 Å². The van der Waals surface area contributed by atoms with Crippen LogP contribution >= 0.6 is 24.0 Å². The number of halogens is 1. The number of aliphatic imine (C=N–C) groups is 1. The molecule has 2 N–H and O–H groups in total. The van der Waals surface area contributed by atoms with Gasteiger partial charge in [-0.3, -0.25) is 4.99 Å². The fourth-order valence-corrected chi connectivity index (χ4v) is 2.83. The molecule has 1 aliphatic rings. The second kappa shape index (κ2) is 8.54. The molecule has 0 saturated heterocycles. The third-order valence-electron chi connectivity index (χ3n) is 4.60. The largest absolute Gasteiger partial charge is 0.443 e. The molecule has 2 rings (SSSR count). The van der Waals surface area contributed by atoms with Crippen molar-refractivity contribution in [3.05, 3.63) is 17.8 Å². The summed E-state index contributed by atoms with van der Waals surface area (Å²) in [6, 6.07) is 0.504. The molecule has 1 saturated carbocycles. The van der Waals surface area contributed by atoms with Crippen molar-refractivity contribution in [2.45, 2.75) is 78.3 Å². The summed E-state index contributed by atoms with van der Waals surface area (Å²) in [6.45, 7) is 11.6. The highest BCUT2D eigenvalue weighted by Crippen LogP contribution is 2.34. The minimum absolute atomic E-state index is 0. The fourth-order valence-electron chi connectivity index (χ4n) is 2.83. The van der Waals surface area contributed by atoms with Crippen LogP contribution in [0.1, 0.15) is 72.0 Å². The normalized spacial score (nSPS) is 18.8. The first-order valence-electron chi connectivity index (χ1n) is 8.62. The van der Waals surface area contributed by atoms with E-state index in [1.54, 1.807) is 7.05 Å². The van der Waals surface area contributed by atoms with Crippen LogP contribution in [-0.2, 0) is 12.0 Å². The van der Waals surface area contributed by atoms with E-state index in [4.69, 9.17) is 4.42 Å². The number of rotatable bonds is 3. The van der Waals surface area contributed by atoms with Crippen LogP contribution in [0.25, 0.3) is 0 Å². The quantitative estimate of drug-likeness (QED) is 0.413. The lowest BCUT2D eigenvalue weighted by molar-refractivity contribution is 0.216. The smallest absolute Gasteiger partial charge is 0.213 e. The summed E-state index contributed by atoms with van der Waals surface area (Å²) in [5.41, 5.74) is 0.469. The van der Waals surface area contributed by atoms with E-state index in [2.05, 4.69) is 55.2 Å². The number of nitrogens with one attached hydrogen (secondary N) is 2. The SMILES string of the molecule is CN=C(NCc1ncc(C(C)(C)C)o1)NC1CCC(C)(C)CC1.I. The molecule has 0 bridgehead atoms. The second-order valence-electron chi connectivity index (χ2n) is 8.38. The zero-order valence-corrected chi connectivity index (χ0v) is 18.2. The van der Waals surface area contributed by atoms with E-state index < -0.39 is 0 Å². The molecule has 1 fully saturated rings. The van der Waals surface area contributed by atoms with Crippen LogP contribution in [0.3, 0.4) is 0 Å². The first-order chi connectivity index (χ1) is 10.7. The first-order valence-corrected chi connectivity index (χ1v) is 8.62. The van der Waals surface area contributed by atoms with E-state index in [1.165, 1.54) is 25.7 Å². The van der Waals surface area contributed by atoms with Crippen molar-refractivity contribution < 1.29 is 4.42 Å². The Labute approximate surface area is 163 Å². The highest BCUT2D eigenvalue weighted by molar-refractivity contribution is 14.0. The minimum Gasteiger partial charge on any atom is -0.443 e. The van der Waals surface area contributed by atoms with E-state index >= 15 is 0 Å². The average molecular weight is 448 g/mol. The summed E-state index contributed by atoms with van der Waals surface area (Å²) in [4.78, 5) is 8.66. The molecule has 0 amide bonds. The van der Waals surface area contributed by atoms with Gasteiger partial charge in [-0.2, -0.15) is 0 Å². The molecule has 0 atom stereocenters. The standard InChI is InChI=1S/C18H32N4O.HI/c1-17(2,3)14-11-20-15(23-14)12-21-16(19-6)22-13-7-9-18(4,5)10-8-13;/h11,13H,7-10,12H2,1-6H3,(H2,19,21,22);1H. The lowest BCUT2D eigenvalue weighted by atomic mass is 9.75. The van der Waals surface area contributed by atoms with Crippen LogP contribution < -0.4 is 10.6 Å². The summed E-state index contributed by atoms with van der Waals surface area (Å²) < 4.78 is 5.80. The molecule has 0 aromatic carbocycles. The highest BCUT2D eigenvalue weighted by atomic mass is 127. The van der Waals surface area contributed by atoms with E-state index in [0.717, 1.165) is 11.7 Å². The van der Waals surface area contributed by atoms with Crippen molar-refractivity contribution >= 4 is 29.9 Å². The van der Waals surface area contributed by atoms with E-state index in [-0.39, 0.29) is 29.4 Å². The third-order valence-corrected chi connectivity index (χ3v) is 4.60.